The van der Waals surface area contributed by atoms with Crippen LogP contribution in [0.15, 0.2) is 67.0 Å². The maximum atomic E-state index is 5.38. The molecular weight excluding hydrogens is 352 g/mol. The zero-order valence-electron chi connectivity index (χ0n) is 15.0. The first-order valence-electron chi connectivity index (χ1n) is 8.78. The average molecular weight is 368 g/mol. The molecule has 5 aromatic rings. The summed E-state index contributed by atoms with van der Waals surface area (Å²) >= 11 is 0. The number of pyridine rings is 1. The van der Waals surface area contributed by atoms with Crippen molar-refractivity contribution in [3.8, 4) is 17.1 Å². The summed E-state index contributed by atoms with van der Waals surface area (Å²) in [6, 6.07) is 17.5. The smallest absolute Gasteiger partial charge is 0.163 e. The molecule has 0 amide bonds. The number of aromatic amines is 1. The summed E-state index contributed by atoms with van der Waals surface area (Å²) in [6.45, 7) is 0. The Morgan fingerprint density at radius 3 is 2.71 bits per heavy atom. The molecule has 0 aliphatic heterocycles. The van der Waals surface area contributed by atoms with Crippen LogP contribution in [-0.2, 0) is 0 Å². The molecular formula is C21H16N6O. The van der Waals surface area contributed by atoms with Crippen molar-refractivity contribution in [2.75, 3.05) is 12.4 Å². The molecule has 0 aliphatic rings. The van der Waals surface area contributed by atoms with Crippen molar-refractivity contribution in [1.29, 1.82) is 0 Å². The number of hydrogen-bond donors (Lipinski definition) is 2. The van der Waals surface area contributed by atoms with Gasteiger partial charge in [0, 0.05) is 28.7 Å². The van der Waals surface area contributed by atoms with Crippen LogP contribution < -0.4 is 10.1 Å². The number of nitrogens with zero attached hydrogens (tertiary/aromatic N) is 4. The number of methoxy groups -OCH3 is 1. The SMILES string of the molecule is COc1ccc2nc(-c3cccnc3)nc(Nc3n[nH]c4ccccc34)c2c1. The predicted octanol–water partition coefficient (Wildman–Crippen LogP) is 4.32. The van der Waals surface area contributed by atoms with Gasteiger partial charge in [-0.1, -0.05) is 12.1 Å². The Morgan fingerprint density at radius 1 is 0.929 bits per heavy atom. The van der Waals surface area contributed by atoms with E-state index in [1.54, 1.807) is 19.5 Å². The Morgan fingerprint density at radius 2 is 1.86 bits per heavy atom. The van der Waals surface area contributed by atoms with Gasteiger partial charge in [0.1, 0.15) is 11.6 Å². The molecule has 2 aromatic carbocycles. The average Bonchev–Trinajstić information content (AvgIpc) is 3.17. The number of para-hydroxylation sites is 1. The number of hydrogen-bond acceptors (Lipinski definition) is 6. The molecule has 5 rings (SSSR count). The normalized spacial score (nSPS) is 11.0. The molecule has 7 nitrogen and oxygen atoms in total. The van der Waals surface area contributed by atoms with Crippen LogP contribution >= 0.6 is 0 Å². The number of fused-ring (bicyclic) bond motifs is 2. The fourth-order valence-corrected chi connectivity index (χ4v) is 3.12. The predicted molar refractivity (Wildman–Crippen MR) is 109 cm³/mol. The van der Waals surface area contributed by atoms with Crippen molar-refractivity contribution in [2.45, 2.75) is 0 Å². The standard InChI is InChI=1S/C21H16N6O/c1-28-14-8-9-17-16(11-14)20(24-19(23-17)13-5-4-10-22-12-13)25-21-15-6-2-3-7-18(15)26-27-21/h2-12H,1H3,(H2,23,24,25,26,27). The molecule has 0 aliphatic carbocycles. The lowest BCUT2D eigenvalue weighted by atomic mass is 10.2. The molecule has 0 spiro atoms. The first-order chi connectivity index (χ1) is 13.8. The van der Waals surface area contributed by atoms with Gasteiger partial charge in [0.25, 0.3) is 0 Å². The Labute approximate surface area is 160 Å². The minimum absolute atomic E-state index is 0.591. The quantitative estimate of drug-likeness (QED) is 0.491. The van der Waals surface area contributed by atoms with E-state index in [9.17, 15) is 0 Å². The number of H-pyrrole nitrogens is 1. The monoisotopic (exact) mass is 368 g/mol. The van der Waals surface area contributed by atoms with Gasteiger partial charge in [-0.25, -0.2) is 9.97 Å². The van der Waals surface area contributed by atoms with E-state index in [2.05, 4.69) is 20.5 Å². The van der Waals surface area contributed by atoms with Gasteiger partial charge in [0.15, 0.2) is 11.6 Å². The largest absolute Gasteiger partial charge is 0.497 e. The lowest BCUT2D eigenvalue weighted by molar-refractivity contribution is 0.415. The van der Waals surface area contributed by atoms with Crippen molar-refractivity contribution in [3.05, 3.63) is 67.0 Å². The highest BCUT2D eigenvalue weighted by molar-refractivity contribution is 5.97. The van der Waals surface area contributed by atoms with Crippen molar-refractivity contribution in [2.24, 2.45) is 0 Å². The summed E-state index contributed by atoms with van der Waals surface area (Å²) < 4.78 is 5.38. The molecule has 0 radical (unpaired) electrons. The van der Waals surface area contributed by atoms with Gasteiger partial charge in [-0.05, 0) is 42.5 Å². The Bertz CT molecular complexity index is 1280. The van der Waals surface area contributed by atoms with Crippen molar-refractivity contribution >= 4 is 33.4 Å². The van der Waals surface area contributed by atoms with Crippen molar-refractivity contribution < 1.29 is 4.74 Å². The fraction of sp³-hybridized carbons (Fsp3) is 0.0476. The lowest BCUT2D eigenvalue weighted by Crippen LogP contribution is -2.00. The van der Waals surface area contributed by atoms with Gasteiger partial charge in [-0.3, -0.25) is 10.1 Å². The summed E-state index contributed by atoms with van der Waals surface area (Å²) in [5.74, 6) is 2.68. The highest BCUT2D eigenvalue weighted by atomic mass is 16.5. The van der Waals surface area contributed by atoms with Crippen LogP contribution in [0.3, 0.4) is 0 Å². The second kappa shape index (κ2) is 6.62. The van der Waals surface area contributed by atoms with E-state index in [-0.39, 0.29) is 0 Å². The molecule has 7 heteroatoms. The molecule has 0 bridgehead atoms. The van der Waals surface area contributed by atoms with E-state index in [0.29, 0.717) is 17.5 Å². The molecule has 0 fully saturated rings. The van der Waals surface area contributed by atoms with Crippen LogP contribution in [-0.4, -0.2) is 32.3 Å². The van der Waals surface area contributed by atoms with E-state index >= 15 is 0 Å². The molecule has 28 heavy (non-hydrogen) atoms. The van der Waals surface area contributed by atoms with Crippen LogP contribution in [0.2, 0.25) is 0 Å². The van der Waals surface area contributed by atoms with Gasteiger partial charge in [0.05, 0.1) is 18.1 Å². The Kier molecular flexibility index (Phi) is 3.83. The molecule has 3 heterocycles. The minimum Gasteiger partial charge on any atom is -0.497 e. The first-order valence-corrected chi connectivity index (χ1v) is 8.78. The van der Waals surface area contributed by atoms with E-state index in [1.165, 1.54) is 0 Å². The van der Waals surface area contributed by atoms with Crippen LogP contribution in [0.5, 0.6) is 5.75 Å². The fourth-order valence-electron chi connectivity index (χ4n) is 3.12. The Balaban J connectivity index is 1.70. The van der Waals surface area contributed by atoms with Crippen LogP contribution in [0.4, 0.5) is 11.6 Å². The van der Waals surface area contributed by atoms with E-state index in [4.69, 9.17) is 14.7 Å². The molecule has 0 unspecified atom stereocenters. The number of nitrogens with one attached hydrogen (secondary N) is 2. The van der Waals surface area contributed by atoms with Crippen LogP contribution in [0.1, 0.15) is 0 Å². The zero-order valence-corrected chi connectivity index (χ0v) is 15.0. The number of anilines is 2. The lowest BCUT2D eigenvalue weighted by Gasteiger charge is -2.11. The first kappa shape index (κ1) is 16.2. The summed E-state index contributed by atoms with van der Waals surface area (Å²) in [5, 5.41) is 12.6. The maximum absolute atomic E-state index is 5.38. The minimum atomic E-state index is 0.591. The molecule has 0 atom stereocenters. The highest BCUT2D eigenvalue weighted by Gasteiger charge is 2.13. The second-order valence-electron chi connectivity index (χ2n) is 6.26. The van der Waals surface area contributed by atoms with Gasteiger partial charge >= 0.3 is 0 Å². The molecule has 0 saturated heterocycles. The van der Waals surface area contributed by atoms with Gasteiger partial charge in [0.2, 0.25) is 0 Å². The van der Waals surface area contributed by atoms with Crippen LogP contribution in [0, 0.1) is 0 Å². The maximum Gasteiger partial charge on any atom is 0.163 e. The van der Waals surface area contributed by atoms with Gasteiger partial charge in [-0.15, -0.1) is 0 Å². The summed E-state index contributed by atoms with van der Waals surface area (Å²) in [5.41, 5.74) is 2.60. The number of ether oxygens (including phenoxy) is 1. The summed E-state index contributed by atoms with van der Waals surface area (Å²) in [6.07, 6.45) is 3.48. The van der Waals surface area contributed by atoms with Crippen molar-refractivity contribution in [3.63, 3.8) is 0 Å². The van der Waals surface area contributed by atoms with E-state index < -0.39 is 0 Å². The summed E-state index contributed by atoms with van der Waals surface area (Å²) in [7, 11) is 1.64. The number of rotatable bonds is 4. The van der Waals surface area contributed by atoms with E-state index in [0.717, 1.165) is 33.1 Å². The highest BCUT2D eigenvalue weighted by Crippen LogP contribution is 2.31. The van der Waals surface area contributed by atoms with E-state index in [1.807, 2.05) is 54.6 Å². The van der Waals surface area contributed by atoms with Crippen molar-refractivity contribution in [1.82, 2.24) is 25.1 Å². The third-order valence-electron chi connectivity index (χ3n) is 4.53. The van der Waals surface area contributed by atoms with Gasteiger partial charge < -0.3 is 10.1 Å². The molecule has 2 N–H and O–H groups in total. The second-order valence-corrected chi connectivity index (χ2v) is 6.26. The zero-order chi connectivity index (χ0) is 18.9. The Hall–Kier alpha value is -4.00. The molecule has 3 aromatic heterocycles. The number of benzene rings is 2. The molecule has 0 saturated carbocycles. The number of aromatic nitrogens is 5. The van der Waals surface area contributed by atoms with Crippen LogP contribution in [0.25, 0.3) is 33.2 Å². The molecule has 136 valence electrons. The third kappa shape index (κ3) is 2.79. The summed E-state index contributed by atoms with van der Waals surface area (Å²) in [4.78, 5) is 13.6. The third-order valence-corrected chi connectivity index (χ3v) is 4.53. The topological polar surface area (TPSA) is 88.6 Å². The van der Waals surface area contributed by atoms with Gasteiger partial charge in [-0.2, -0.15) is 5.10 Å².